The Morgan fingerprint density at radius 1 is 0.690 bits per heavy atom. The Morgan fingerprint density at radius 3 is 1.45 bits per heavy atom. The quantitative estimate of drug-likeness (QED) is 0.319. The summed E-state index contributed by atoms with van der Waals surface area (Å²) in [5.74, 6) is -2.50. The summed E-state index contributed by atoms with van der Waals surface area (Å²) in [6.45, 7) is 1.33. The van der Waals surface area contributed by atoms with Gasteiger partial charge in [0.15, 0.2) is 5.78 Å². The van der Waals surface area contributed by atoms with Crippen molar-refractivity contribution in [2.45, 2.75) is 6.92 Å². The molecule has 0 fully saturated rings. The van der Waals surface area contributed by atoms with Gasteiger partial charge >= 0.3 is 5.97 Å². The van der Waals surface area contributed by atoms with Crippen LogP contribution in [0.25, 0.3) is 33.7 Å². The number of rotatable bonds is 4. The highest BCUT2D eigenvalue weighted by molar-refractivity contribution is 5.96. The van der Waals surface area contributed by atoms with Crippen LogP contribution in [0.5, 0.6) is 0 Å². The van der Waals surface area contributed by atoms with E-state index in [4.69, 9.17) is 5.11 Å². The van der Waals surface area contributed by atoms with E-state index in [9.17, 15) is 28.0 Å². The van der Waals surface area contributed by atoms with Crippen molar-refractivity contribution in [3.05, 3.63) is 117 Å². The monoisotopic (exact) mass is 572 g/mol. The van der Waals surface area contributed by atoms with Gasteiger partial charge in [-0.2, -0.15) is 0 Å². The number of hydrogen-bond donors (Lipinski definition) is 1. The zero-order chi connectivity index (χ0) is 30.3. The second-order valence-corrected chi connectivity index (χ2v) is 9.34. The molecule has 11 nitrogen and oxygen atoms in total. The van der Waals surface area contributed by atoms with Gasteiger partial charge in [0.2, 0.25) is 0 Å². The molecule has 0 spiro atoms. The molecule has 0 bridgehead atoms. The lowest BCUT2D eigenvalue weighted by atomic mass is 10.2. The van der Waals surface area contributed by atoms with Crippen LogP contribution in [0.3, 0.4) is 0 Å². The van der Waals surface area contributed by atoms with E-state index in [1.54, 1.807) is 29.6 Å². The van der Waals surface area contributed by atoms with E-state index in [0.717, 1.165) is 0 Å². The molecule has 6 aromatic rings. The van der Waals surface area contributed by atoms with Crippen LogP contribution in [0.15, 0.2) is 82.9 Å². The van der Waals surface area contributed by atoms with E-state index >= 15 is 0 Å². The van der Waals surface area contributed by atoms with Crippen molar-refractivity contribution in [3.63, 3.8) is 0 Å². The van der Waals surface area contributed by atoms with Crippen molar-refractivity contribution in [2.24, 2.45) is 14.1 Å². The molecule has 2 aromatic carbocycles. The third kappa shape index (κ3) is 4.87. The normalized spacial score (nSPS) is 11.0. The molecule has 42 heavy (non-hydrogen) atoms. The number of halogens is 2. The number of aromatic nitrogens is 6. The number of carbonyl (C=O) groups is 2. The van der Waals surface area contributed by atoms with Gasteiger partial charge in [-0.05, 0) is 67.6 Å². The smallest absolute Gasteiger partial charge is 0.341 e. The van der Waals surface area contributed by atoms with E-state index in [1.165, 1.54) is 83.0 Å². The second kappa shape index (κ2) is 10.7. The summed E-state index contributed by atoms with van der Waals surface area (Å²) in [5, 5.41) is 9.14. The molecule has 1 N–H and O–H groups in total. The molecule has 0 saturated carbocycles. The van der Waals surface area contributed by atoms with Crippen LogP contribution in [0.4, 0.5) is 8.78 Å². The second-order valence-electron chi connectivity index (χ2n) is 9.34. The molecule has 0 aliphatic heterocycles. The molecular weight excluding hydrogens is 550 g/mol. The van der Waals surface area contributed by atoms with Gasteiger partial charge in [0, 0.05) is 14.1 Å². The number of nitrogens with zero attached hydrogens (tertiary/aromatic N) is 6. The Balaban J connectivity index is 0.000000168. The minimum Gasteiger partial charge on any atom is -0.477 e. The number of aromatic carboxylic acids is 1. The molecule has 0 saturated heterocycles. The molecule has 0 aliphatic carbocycles. The first-order valence-electron chi connectivity index (χ1n) is 12.4. The van der Waals surface area contributed by atoms with Gasteiger partial charge in [0.05, 0.1) is 29.6 Å². The lowest BCUT2D eigenvalue weighted by Crippen LogP contribution is -2.26. The van der Waals surface area contributed by atoms with Gasteiger partial charge in [-0.25, -0.2) is 23.5 Å². The zero-order valence-electron chi connectivity index (χ0n) is 22.4. The van der Waals surface area contributed by atoms with Gasteiger partial charge in [-0.1, -0.05) is 0 Å². The van der Waals surface area contributed by atoms with Crippen LogP contribution in [-0.2, 0) is 14.1 Å². The molecule has 0 radical (unpaired) electrons. The molecule has 13 heteroatoms. The molecule has 6 rings (SSSR count). The minimum atomic E-state index is -1.33. The largest absolute Gasteiger partial charge is 0.477 e. The molecular formula is C29H22F2N6O5. The van der Waals surface area contributed by atoms with Crippen molar-refractivity contribution in [3.8, 4) is 11.4 Å². The molecule has 212 valence electrons. The van der Waals surface area contributed by atoms with Crippen LogP contribution in [-0.4, -0.2) is 45.1 Å². The highest BCUT2D eigenvalue weighted by Crippen LogP contribution is 2.18. The number of fused-ring (bicyclic) bond motifs is 2. The van der Waals surface area contributed by atoms with Gasteiger partial charge < -0.3 is 14.2 Å². The number of carbonyl (C=O) groups excluding carboxylic acids is 1. The summed E-state index contributed by atoms with van der Waals surface area (Å²) >= 11 is 0. The Labute approximate surface area is 235 Å². The average molecular weight is 573 g/mol. The third-order valence-electron chi connectivity index (χ3n) is 6.50. The third-order valence-corrected chi connectivity index (χ3v) is 6.50. The van der Waals surface area contributed by atoms with E-state index in [-0.39, 0.29) is 16.9 Å². The van der Waals surface area contributed by atoms with Crippen LogP contribution in [0.2, 0.25) is 0 Å². The van der Waals surface area contributed by atoms with E-state index in [0.29, 0.717) is 33.7 Å². The van der Waals surface area contributed by atoms with Gasteiger partial charge in [0.25, 0.3) is 11.1 Å². The fourth-order valence-electron chi connectivity index (χ4n) is 4.53. The average Bonchev–Trinajstić information content (AvgIpc) is 3.51. The van der Waals surface area contributed by atoms with Crippen molar-refractivity contribution in [1.29, 1.82) is 0 Å². The molecule has 0 amide bonds. The number of aryl methyl sites for hydroxylation is 2. The van der Waals surface area contributed by atoms with Crippen LogP contribution in [0.1, 0.15) is 27.6 Å². The van der Waals surface area contributed by atoms with Crippen molar-refractivity contribution < 1.29 is 23.5 Å². The lowest BCUT2D eigenvalue weighted by molar-refractivity contribution is 0.0694. The summed E-state index contributed by atoms with van der Waals surface area (Å²) in [7, 11) is 3.44. The van der Waals surface area contributed by atoms with E-state index < -0.39 is 28.7 Å². The van der Waals surface area contributed by atoms with Crippen molar-refractivity contribution in [1.82, 2.24) is 28.2 Å². The summed E-state index contributed by atoms with van der Waals surface area (Å²) in [5.41, 5.74) is 1.31. The van der Waals surface area contributed by atoms with Gasteiger partial charge in [-0.15, -0.1) is 0 Å². The predicted octanol–water partition coefficient (Wildman–Crippen LogP) is 3.63. The Hall–Kier alpha value is -5.72. The molecule has 4 aromatic heterocycles. The van der Waals surface area contributed by atoms with E-state index in [1.807, 2.05) is 0 Å². The van der Waals surface area contributed by atoms with Gasteiger partial charge in [-0.3, -0.25) is 23.5 Å². The number of carboxylic acid groups (broad SMARTS) is 1. The topological polar surface area (TPSA) is 134 Å². The molecule has 0 unspecified atom stereocenters. The fraction of sp³-hybridized carbons (Fsp3) is 0.103. The predicted molar refractivity (Wildman–Crippen MR) is 150 cm³/mol. The maximum atomic E-state index is 13.1. The summed E-state index contributed by atoms with van der Waals surface area (Å²) in [4.78, 5) is 56.1. The number of hydrogen-bond acceptors (Lipinski definition) is 6. The number of Topliss-reactive ketones (excluding diaryl/α,β-unsaturated/α-hetero) is 1. The highest BCUT2D eigenvalue weighted by Gasteiger charge is 2.19. The SMILES string of the molecule is CC(=O)c1cc2ncn(C)c2n(-c2ccc(F)cc2)c1=O.Cn1cnc2cc(C(=O)O)c(=O)n(-c3ccc(F)cc3)c21. The Kier molecular flexibility index (Phi) is 7.08. The number of ketones is 1. The van der Waals surface area contributed by atoms with Gasteiger partial charge in [0.1, 0.15) is 39.5 Å². The number of benzene rings is 2. The summed E-state index contributed by atoms with van der Waals surface area (Å²) < 4.78 is 32.0. The van der Waals surface area contributed by atoms with Crippen molar-refractivity contribution >= 4 is 34.1 Å². The fourth-order valence-corrected chi connectivity index (χ4v) is 4.53. The van der Waals surface area contributed by atoms with Crippen LogP contribution >= 0.6 is 0 Å². The molecule has 4 heterocycles. The molecule has 0 aliphatic rings. The minimum absolute atomic E-state index is 0.0607. The number of carboxylic acids is 1. The van der Waals surface area contributed by atoms with Crippen LogP contribution < -0.4 is 11.1 Å². The maximum Gasteiger partial charge on any atom is 0.341 e. The summed E-state index contributed by atoms with van der Waals surface area (Å²) in [6.07, 6.45) is 3.05. The first kappa shape index (κ1) is 27.8. The summed E-state index contributed by atoms with van der Waals surface area (Å²) in [6, 6.07) is 13.5. The maximum absolute atomic E-state index is 13.1. The standard InChI is InChI=1S/C15H12FN3O2.C14H10FN3O3/c1-9(20)12-7-13-14(18(2)8-17-13)19(15(12)21)11-5-3-10(16)4-6-11;1-17-7-16-11-6-10(14(20)21)13(19)18(12(11)17)9-4-2-8(15)3-5-9/h3-8H,1-2H3;2-7H,1H3,(H,20,21). The Bertz CT molecular complexity index is 1970. The first-order valence-corrected chi connectivity index (χ1v) is 12.4. The van der Waals surface area contributed by atoms with Crippen molar-refractivity contribution in [2.75, 3.05) is 0 Å². The first-order chi connectivity index (χ1) is 20.0. The van der Waals surface area contributed by atoms with Crippen LogP contribution in [0, 0.1) is 11.6 Å². The lowest BCUT2D eigenvalue weighted by Gasteiger charge is -2.10. The number of pyridine rings is 2. The zero-order valence-corrected chi connectivity index (χ0v) is 22.4. The molecule has 0 atom stereocenters. The Morgan fingerprint density at radius 2 is 1.07 bits per heavy atom. The van der Waals surface area contributed by atoms with E-state index in [2.05, 4.69) is 9.97 Å². The number of imidazole rings is 2. The highest BCUT2D eigenvalue weighted by atomic mass is 19.1.